The Bertz CT molecular complexity index is 611. The number of nitrogens with one attached hydrogen (secondary N) is 1. The summed E-state index contributed by atoms with van der Waals surface area (Å²) in [5.74, 6) is 0. The van der Waals surface area contributed by atoms with Crippen LogP contribution in [0.1, 0.15) is 50.0 Å². The number of nitrogens with zero attached hydrogens (tertiary/aromatic N) is 3. The van der Waals surface area contributed by atoms with Gasteiger partial charge in [-0.3, -0.25) is 4.90 Å². The molecule has 0 aliphatic carbocycles. The van der Waals surface area contributed by atoms with Crippen LogP contribution >= 0.6 is 0 Å². The van der Waals surface area contributed by atoms with Crippen LogP contribution in [0.2, 0.25) is 0 Å². The average Bonchev–Trinajstić information content (AvgIpc) is 3.16. The van der Waals surface area contributed by atoms with Crippen LogP contribution in [-0.2, 0) is 11.3 Å². The molecule has 4 rings (SSSR count). The third-order valence-electron chi connectivity index (χ3n) is 6.01. The molecule has 3 aliphatic heterocycles. The predicted molar refractivity (Wildman–Crippen MR) is 88.1 cm³/mol. The maximum absolute atomic E-state index is 9.20. The molecule has 124 valence electrons. The zero-order valence-electron chi connectivity index (χ0n) is 13.9. The number of nitriles is 1. The Hall–Kier alpha value is -1.35. The van der Waals surface area contributed by atoms with E-state index >= 15 is 0 Å². The Morgan fingerprint density at radius 3 is 2.91 bits per heavy atom. The van der Waals surface area contributed by atoms with Gasteiger partial charge in [0.15, 0.2) is 0 Å². The van der Waals surface area contributed by atoms with Crippen LogP contribution in [0.5, 0.6) is 0 Å². The summed E-state index contributed by atoms with van der Waals surface area (Å²) in [4.78, 5) is 2.53. The molecule has 1 aromatic heterocycles. The highest BCUT2D eigenvalue weighted by molar-refractivity contribution is 5.29. The molecule has 0 aromatic carbocycles. The molecule has 23 heavy (non-hydrogen) atoms. The summed E-state index contributed by atoms with van der Waals surface area (Å²) in [6.07, 6.45) is 5.10. The highest BCUT2D eigenvalue weighted by Gasteiger charge is 2.41. The topological polar surface area (TPSA) is 53.2 Å². The van der Waals surface area contributed by atoms with Crippen molar-refractivity contribution in [3.8, 4) is 6.07 Å². The number of rotatable bonds is 2. The lowest BCUT2D eigenvalue weighted by atomic mass is 9.89. The van der Waals surface area contributed by atoms with Crippen molar-refractivity contribution in [1.82, 2.24) is 14.8 Å². The summed E-state index contributed by atoms with van der Waals surface area (Å²) in [5.41, 5.74) is 2.21. The van der Waals surface area contributed by atoms with Crippen LogP contribution < -0.4 is 5.32 Å². The third-order valence-corrected chi connectivity index (χ3v) is 6.01. The lowest BCUT2D eigenvalue weighted by molar-refractivity contribution is -0.0722. The van der Waals surface area contributed by atoms with Gasteiger partial charge in [0.1, 0.15) is 11.8 Å². The molecule has 2 atom stereocenters. The first-order valence-electron chi connectivity index (χ1n) is 8.93. The van der Waals surface area contributed by atoms with E-state index in [1.54, 1.807) is 0 Å². The predicted octanol–water partition coefficient (Wildman–Crippen LogP) is 2.04. The molecular weight excluding hydrogens is 288 g/mol. The van der Waals surface area contributed by atoms with E-state index in [0.717, 1.165) is 51.3 Å². The molecule has 2 fully saturated rings. The summed E-state index contributed by atoms with van der Waals surface area (Å²) >= 11 is 0. The van der Waals surface area contributed by atoms with Gasteiger partial charge in [-0.25, -0.2) is 0 Å². The number of ether oxygens (including phenoxy) is 1. The zero-order valence-corrected chi connectivity index (χ0v) is 13.9. The minimum Gasteiger partial charge on any atom is -0.370 e. The van der Waals surface area contributed by atoms with Crippen LogP contribution in [0, 0.1) is 11.3 Å². The second-order valence-electron chi connectivity index (χ2n) is 7.29. The SMILES string of the molecule is CC1c2ccc(C#N)n2CCN1CC1CCC2(CCNCC2)O1. The van der Waals surface area contributed by atoms with Gasteiger partial charge in [0.2, 0.25) is 0 Å². The first kappa shape index (κ1) is 15.2. The van der Waals surface area contributed by atoms with Crippen molar-refractivity contribution >= 4 is 0 Å². The Kier molecular flexibility index (Phi) is 3.92. The van der Waals surface area contributed by atoms with E-state index < -0.39 is 0 Å². The van der Waals surface area contributed by atoms with Crippen LogP contribution in [0.4, 0.5) is 0 Å². The molecule has 1 N–H and O–H groups in total. The van der Waals surface area contributed by atoms with E-state index in [4.69, 9.17) is 4.74 Å². The fraction of sp³-hybridized carbons (Fsp3) is 0.722. The molecule has 1 spiro atoms. The van der Waals surface area contributed by atoms with E-state index in [-0.39, 0.29) is 5.60 Å². The summed E-state index contributed by atoms with van der Waals surface area (Å²) in [6.45, 7) is 7.38. The quantitative estimate of drug-likeness (QED) is 0.907. The molecule has 0 saturated carbocycles. The maximum atomic E-state index is 9.20. The second-order valence-corrected chi connectivity index (χ2v) is 7.29. The molecule has 1 aromatic rings. The molecule has 0 bridgehead atoms. The van der Waals surface area contributed by atoms with Crippen molar-refractivity contribution in [2.75, 3.05) is 26.2 Å². The minimum absolute atomic E-state index is 0.156. The van der Waals surface area contributed by atoms with Gasteiger partial charge in [-0.05, 0) is 57.8 Å². The fourth-order valence-electron chi connectivity index (χ4n) is 4.59. The highest BCUT2D eigenvalue weighted by atomic mass is 16.5. The molecule has 3 aliphatic rings. The average molecular weight is 314 g/mol. The summed E-state index contributed by atoms with van der Waals surface area (Å²) in [6, 6.07) is 6.72. The molecule has 4 heterocycles. The zero-order chi connectivity index (χ0) is 15.9. The molecule has 0 amide bonds. The second kappa shape index (κ2) is 5.94. The maximum Gasteiger partial charge on any atom is 0.120 e. The molecule has 5 nitrogen and oxygen atoms in total. The van der Waals surface area contributed by atoms with Crippen molar-refractivity contribution in [2.24, 2.45) is 0 Å². The van der Waals surface area contributed by atoms with Crippen LogP contribution in [0.15, 0.2) is 12.1 Å². The fourth-order valence-corrected chi connectivity index (χ4v) is 4.59. The van der Waals surface area contributed by atoms with Gasteiger partial charge in [-0.1, -0.05) is 0 Å². The molecule has 5 heteroatoms. The van der Waals surface area contributed by atoms with Gasteiger partial charge in [-0.15, -0.1) is 0 Å². The third kappa shape index (κ3) is 2.69. The summed E-state index contributed by atoms with van der Waals surface area (Å²) < 4.78 is 8.69. The van der Waals surface area contributed by atoms with E-state index in [0.29, 0.717) is 12.1 Å². The Morgan fingerprint density at radius 2 is 2.13 bits per heavy atom. The first-order valence-corrected chi connectivity index (χ1v) is 8.93. The normalized spacial score (nSPS) is 30.3. The van der Waals surface area contributed by atoms with Crippen LogP contribution in [-0.4, -0.2) is 47.4 Å². The number of piperidine rings is 1. The number of fused-ring (bicyclic) bond motifs is 1. The van der Waals surface area contributed by atoms with Gasteiger partial charge in [-0.2, -0.15) is 5.26 Å². The molecule has 2 saturated heterocycles. The molecule has 0 radical (unpaired) electrons. The van der Waals surface area contributed by atoms with Gasteiger partial charge < -0.3 is 14.6 Å². The number of aromatic nitrogens is 1. The lowest BCUT2D eigenvalue weighted by Crippen LogP contribution is -2.44. The minimum atomic E-state index is 0.156. The Balaban J connectivity index is 1.41. The van der Waals surface area contributed by atoms with Gasteiger partial charge in [0.25, 0.3) is 0 Å². The summed E-state index contributed by atoms with van der Waals surface area (Å²) in [7, 11) is 0. The number of hydrogen-bond donors (Lipinski definition) is 1. The molecular formula is C18H26N4O. The van der Waals surface area contributed by atoms with E-state index in [9.17, 15) is 5.26 Å². The first-order chi connectivity index (χ1) is 11.2. The monoisotopic (exact) mass is 314 g/mol. The van der Waals surface area contributed by atoms with E-state index in [1.165, 1.54) is 18.5 Å². The van der Waals surface area contributed by atoms with Crippen LogP contribution in [0.25, 0.3) is 0 Å². The van der Waals surface area contributed by atoms with Gasteiger partial charge >= 0.3 is 0 Å². The largest absolute Gasteiger partial charge is 0.370 e. The Labute approximate surface area is 138 Å². The standard InChI is InChI=1S/C18H26N4O/c1-14-17-3-2-15(12-19)22(17)11-10-21(14)13-16-4-5-18(23-16)6-8-20-9-7-18/h2-3,14,16,20H,4-11,13H2,1H3. The number of hydrogen-bond acceptors (Lipinski definition) is 4. The van der Waals surface area contributed by atoms with Crippen molar-refractivity contribution in [3.63, 3.8) is 0 Å². The smallest absolute Gasteiger partial charge is 0.120 e. The van der Waals surface area contributed by atoms with Crippen molar-refractivity contribution < 1.29 is 4.74 Å². The van der Waals surface area contributed by atoms with E-state index in [1.807, 2.05) is 6.07 Å². The molecule has 2 unspecified atom stereocenters. The van der Waals surface area contributed by atoms with Gasteiger partial charge in [0, 0.05) is 31.4 Å². The van der Waals surface area contributed by atoms with E-state index in [2.05, 4.69) is 33.8 Å². The van der Waals surface area contributed by atoms with Crippen LogP contribution in [0.3, 0.4) is 0 Å². The van der Waals surface area contributed by atoms with Crippen molar-refractivity contribution in [3.05, 3.63) is 23.5 Å². The summed E-state index contributed by atoms with van der Waals surface area (Å²) in [5, 5.41) is 12.6. The van der Waals surface area contributed by atoms with Gasteiger partial charge in [0.05, 0.1) is 11.7 Å². The Morgan fingerprint density at radius 1 is 1.30 bits per heavy atom. The highest BCUT2D eigenvalue weighted by Crippen LogP contribution is 2.38. The van der Waals surface area contributed by atoms with Crippen molar-refractivity contribution in [1.29, 1.82) is 5.26 Å². The lowest BCUT2D eigenvalue weighted by Gasteiger charge is -2.38. The van der Waals surface area contributed by atoms with Crippen molar-refractivity contribution in [2.45, 2.75) is 56.9 Å².